The van der Waals surface area contributed by atoms with Crippen molar-refractivity contribution in [2.75, 3.05) is 13.7 Å². The van der Waals surface area contributed by atoms with Gasteiger partial charge in [-0.2, -0.15) is 0 Å². The average molecular weight is 250 g/mol. The van der Waals surface area contributed by atoms with Crippen molar-refractivity contribution < 1.29 is 4.74 Å². The smallest absolute Gasteiger partial charge is 0.128 e. The number of aromatic nitrogens is 1. The van der Waals surface area contributed by atoms with Crippen LogP contribution in [0, 0.1) is 19.3 Å². The fourth-order valence-corrected chi connectivity index (χ4v) is 2.52. The number of aryl methyl sites for hydroxylation is 1. The van der Waals surface area contributed by atoms with Crippen LogP contribution in [0.15, 0.2) is 6.20 Å². The fraction of sp³-hybridized carbons (Fsp3) is 0.667. The monoisotopic (exact) mass is 250 g/mol. The lowest BCUT2D eigenvalue weighted by Crippen LogP contribution is -2.30. The molecule has 1 aromatic heterocycles. The fourth-order valence-electron chi connectivity index (χ4n) is 2.52. The normalized spacial score (nSPS) is 14.3. The third kappa shape index (κ3) is 3.22. The Morgan fingerprint density at radius 3 is 2.56 bits per heavy atom. The lowest BCUT2D eigenvalue weighted by atomic mass is 9.80. The highest BCUT2D eigenvalue weighted by Gasteiger charge is 2.24. The molecule has 102 valence electrons. The molecule has 0 aliphatic carbocycles. The molecule has 0 fully saturated rings. The van der Waals surface area contributed by atoms with Crippen LogP contribution in [0.4, 0.5) is 0 Å². The van der Waals surface area contributed by atoms with E-state index < -0.39 is 0 Å². The van der Waals surface area contributed by atoms with Gasteiger partial charge in [0.05, 0.1) is 7.11 Å². The molecule has 3 heteroatoms. The van der Waals surface area contributed by atoms with Crippen LogP contribution < -0.4 is 10.5 Å². The van der Waals surface area contributed by atoms with Gasteiger partial charge in [-0.3, -0.25) is 4.98 Å². The van der Waals surface area contributed by atoms with Crippen molar-refractivity contribution in [1.82, 2.24) is 4.98 Å². The Bertz CT molecular complexity index is 404. The summed E-state index contributed by atoms with van der Waals surface area (Å²) in [5.74, 6) is 0.955. The molecule has 0 radical (unpaired) electrons. The molecule has 1 rings (SSSR count). The van der Waals surface area contributed by atoms with E-state index in [1.165, 1.54) is 0 Å². The Hall–Kier alpha value is -1.09. The van der Waals surface area contributed by atoms with Crippen LogP contribution in [0.2, 0.25) is 0 Å². The molecule has 0 saturated carbocycles. The van der Waals surface area contributed by atoms with Gasteiger partial charge in [0.2, 0.25) is 0 Å². The van der Waals surface area contributed by atoms with Gasteiger partial charge in [0.25, 0.3) is 0 Å². The van der Waals surface area contributed by atoms with E-state index in [1.807, 2.05) is 13.1 Å². The molecule has 1 unspecified atom stereocenters. The molecule has 0 saturated heterocycles. The second kappa shape index (κ2) is 6.19. The summed E-state index contributed by atoms with van der Waals surface area (Å²) in [4.78, 5) is 4.57. The minimum Gasteiger partial charge on any atom is -0.496 e. The predicted molar refractivity (Wildman–Crippen MR) is 76.0 cm³/mol. The molecule has 2 N–H and O–H groups in total. The number of ether oxygens (including phenoxy) is 1. The zero-order valence-corrected chi connectivity index (χ0v) is 12.3. The lowest BCUT2D eigenvalue weighted by molar-refractivity contribution is 0.298. The van der Waals surface area contributed by atoms with Gasteiger partial charge in [0.15, 0.2) is 0 Å². The topological polar surface area (TPSA) is 48.1 Å². The van der Waals surface area contributed by atoms with E-state index in [2.05, 4.69) is 25.8 Å². The van der Waals surface area contributed by atoms with Crippen molar-refractivity contribution in [3.8, 4) is 5.75 Å². The lowest BCUT2D eigenvalue weighted by Gasteiger charge is -2.28. The summed E-state index contributed by atoms with van der Waals surface area (Å²) >= 11 is 0. The maximum absolute atomic E-state index is 5.93. The van der Waals surface area contributed by atoms with Crippen molar-refractivity contribution in [3.63, 3.8) is 0 Å². The number of methoxy groups -OCH3 is 1. The third-order valence-corrected chi connectivity index (χ3v) is 3.69. The van der Waals surface area contributed by atoms with Gasteiger partial charge in [0, 0.05) is 23.0 Å². The summed E-state index contributed by atoms with van der Waals surface area (Å²) in [6.45, 7) is 9.24. The summed E-state index contributed by atoms with van der Waals surface area (Å²) in [7, 11) is 1.72. The van der Waals surface area contributed by atoms with E-state index >= 15 is 0 Å². The second-order valence-corrected chi connectivity index (χ2v) is 5.49. The van der Waals surface area contributed by atoms with E-state index in [0.29, 0.717) is 6.54 Å². The molecular formula is C15H26N2O. The third-order valence-electron chi connectivity index (χ3n) is 3.69. The Kier molecular flexibility index (Phi) is 5.15. The maximum Gasteiger partial charge on any atom is 0.128 e. The molecule has 0 bridgehead atoms. The number of rotatable bonds is 6. The van der Waals surface area contributed by atoms with Gasteiger partial charge < -0.3 is 10.5 Å². The first-order chi connectivity index (χ1) is 8.47. The summed E-state index contributed by atoms with van der Waals surface area (Å²) in [6, 6.07) is 0. The Labute approximate surface area is 111 Å². The summed E-state index contributed by atoms with van der Waals surface area (Å²) in [5.41, 5.74) is 9.41. The van der Waals surface area contributed by atoms with Gasteiger partial charge in [-0.15, -0.1) is 0 Å². The average Bonchev–Trinajstić information content (AvgIpc) is 2.34. The van der Waals surface area contributed by atoms with Gasteiger partial charge in [-0.1, -0.05) is 20.3 Å². The maximum atomic E-state index is 5.93. The molecule has 0 aromatic carbocycles. The molecular weight excluding hydrogens is 224 g/mol. The van der Waals surface area contributed by atoms with Crippen LogP contribution in [-0.2, 0) is 6.42 Å². The highest BCUT2D eigenvalue weighted by Crippen LogP contribution is 2.31. The second-order valence-electron chi connectivity index (χ2n) is 5.49. The number of hydrogen-bond donors (Lipinski definition) is 1. The van der Waals surface area contributed by atoms with Crippen molar-refractivity contribution in [2.24, 2.45) is 11.1 Å². The highest BCUT2D eigenvalue weighted by atomic mass is 16.5. The van der Waals surface area contributed by atoms with Gasteiger partial charge >= 0.3 is 0 Å². The van der Waals surface area contributed by atoms with E-state index in [9.17, 15) is 0 Å². The highest BCUT2D eigenvalue weighted by molar-refractivity contribution is 5.41. The number of nitrogens with two attached hydrogens (primary N) is 1. The van der Waals surface area contributed by atoms with Gasteiger partial charge in [-0.05, 0) is 38.6 Å². The molecule has 0 aliphatic rings. The van der Waals surface area contributed by atoms with Crippen LogP contribution in [0.25, 0.3) is 0 Å². The molecule has 18 heavy (non-hydrogen) atoms. The van der Waals surface area contributed by atoms with Crippen LogP contribution in [0.1, 0.15) is 43.5 Å². The molecule has 1 heterocycles. The summed E-state index contributed by atoms with van der Waals surface area (Å²) in [5, 5.41) is 0. The summed E-state index contributed by atoms with van der Waals surface area (Å²) in [6.07, 6.45) is 5.08. The number of nitrogens with zero attached hydrogens (tertiary/aromatic N) is 1. The predicted octanol–water partition coefficient (Wildman–Crippen LogP) is 3.01. The van der Waals surface area contributed by atoms with Crippen LogP contribution in [0.3, 0.4) is 0 Å². The van der Waals surface area contributed by atoms with E-state index in [1.54, 1.807) is 7.11 Å². The Morgan fingerprint density at radius 2 is 2.06 bits per heavy atom. The first-order valence-electron chi connectivity index (χ1n) is 6.66. The SMILES string of the molecule is CCCC(C)(CN)Cc1ncc(C)c(OC)c1C. The molecule has 0 amide bonds. The van der Waals surface area contributed by atoms with Crippen LogP contribution in [-0.4, -0.2) is 18.6 Å². The van der Waals surface area contributed by atoms with Crippen molar-refractivity contribution >= 4 is 0 Å². The first-order valence-corrected chi connectivity index (χ1v) is 6.66. The molecule has 0 aliphatic heterocycles. The zero-order valence-electron chi connectivity index (χ0n) is 12.3. The minimum atomic E-state index is 0.132. The molecule has 3 nitrogen and oxygen atoms in total. The van der Waals surface area contributed by atoms with Crippen molar-refractivity contribution in [2.45, 2.75) is 47.0 Å². The number of hydrogen-bond acceptors (Lipinski definition) is 3. The Morgan fingerprint density at radius 1 is 1.39 bits per heavy atom. The zero-order chi connectivity index (χ0) is 13.8. The standard InChI is InChI=1S/C15H26N2O/c1-6-7-15(4,10-16)8-13-12(3)14(18-5)11(2)9-17-13/h9H,6-8,10,16H2,1-5H3. The quantitative estimate of drug-likeness (QED) is 0.844. The largest absolute Gasteiger partial charge is 0.496 e. The van der Waals surface area contributed by atoms with Crippen molar-refractivity contribution in [3.05, 3.63) is 23.0 Å². The van der Waals surface area contributed by atoms with Crippen LogP contribution in [0.5, 0.6) is 5.75 Å². The van der Waals surface area contributed by atoms with E-state index in [-0.39, 0.29) is 5.41 Å². The minimum absolute atomic E-state index is 0.132. The molecule has 0 spiro atoms. The Balaban J connectivity index is 3.04. The first kappa shape index (κ1) is 15.0. The van der Waals surface area contributed by atoms with E-state index in [4.69, 9.17) is 10.5 Å². The van der Waals surface area contributed by atoms with E-state index in [0.717, 1.165) is 41.8 Å². The van der Waals surface area contributed by atoms with Crippen molar-refractivity contribution in [1.29, 1.82) is 0 Å². The van der Waals surface area contributed by atoms with Gasteiger partial charge in [0.1, 0.15) is 5.75 Å². The summed E-state index contributed by atoms with van der Waals surface area (Å²) < 4.78 is 5.45. The number of pyridine rings is 1. The molecule has 1 atom stereocenters. The molecule has 1 aromatic rings. The van der Waals surface area contributed by atoms with Crippen LogP contribution >= 0.6 is 0 Å². The van der Waals surface area contributed by atoms with Gasteiger partial charge in [-0.25, -0.2) is 0 Å².